The fourth-order valence-electron chi connectivity index (χ4n) is 3.70. The van der Waals surface area contributed by atoms with Gasteiger partial charge in [-0.15, -0.1) is 0 Å². The highest BCUT2D eigenvalue weighted by Crippen LogP contribution is 2.39. The minimum absolute atomic E-state index is 0.124. The van der Waals surface area contributed by atoms with Crippen LogP contribution in [0.5, 0.6) is 11.5 Å². The Kier molecular flexibility index (Phi) is 8.65. The number of carbonyl (C=O) groups excluding carboxylic acids is 2. The molecule has 0 aliphatic carbocycles. The number of rotatable bonds is 8. The van der Waals surface area contributed by atoms with E-state index in [1.54, 1.807) is 54.6 Å². The minimum atomic E-state index is -0.563. The molecule has 0 unspecified atom stereocenters. The van der Waals surface area contributed by atoms with Gasteiger partial charge in [-0.3, -0.25) is 14.5 Å². The summed E-state index contributed by atoms with van der Waals surface area (Å²) in [4.78, 5) is 28.4. The number of esters is 1. The van der Waals surface area contributed by atoms with E-state index >= 15 is 0 Å². The van der Waals surface area contributed by atoms with Gasteiger partial charge < -0.3 is 19.1 Å². The normalized spacial score (nSPS) is 14.3. The third-order valence-corrected chi connectivity index (χ3v) is 6.83. The highest BCUT2D eigenvalue weighted by Gasteiger charge is 2.40. The van der Waals surface area contributed by atoms with E-state index in [2.05, 4.69) is 15.9 Å². The van der Waals surface area contributed by atoms with Gasteiger partial charge in [0.2, 0.25) is 0 Å². The molecule has 0 atom stereocenters. The van der Waals surface area contributed by atoms with Crippen LogP contribution in [0.3, 0.4) is 0 Å². The summed E-state index contributed by atoms with van der Waals surface area (Å²) >= 11 is 15.1. The van der Waals surface area contributed by atoms with Crippen LogP contribution >= 0.6 is 39.7 Å². The largest absolute Gasteiger partial charge is 0.493 e. The summed E-state index contributed by atoms with van der Waals surface area (Å²) in [5.74, 6) is -0.487. The fraction of sp³-hybridized carbons (Fsp3) is 0.148. The molecule has 0 bridgehead atoms. The van der Waals surface area contributed by atoms with Gasteiger partial charge in [-0.2, -0.15) is 0 Å². The molecule has 0 saturated carbocycles. The predicted octanol–water partition coefficient (Wildman–Crippen LogP) is 5.98. The zero-order valence-corrected chi connectivity index (χ0v) is 23.4. The van der Waals surface area contributed by atoms with E-state index in [1.807, 2.05) is 0 Å². The Morgan fingerprint density at radius 2 is 1.79 bits per heavy atom. The maximum atomic E-state index is 13.5. The number of hydrogen-bond donors (Lipinski definition) is 0. The lowest BCUT2D eigenvalue weighted by Crippen LogP contribution is -2.35. The number of halogens is 3. The second-order valence-corrected chi connectivity index (χ2v) is 9.70. The molecular weight excluding hydrogens is 599 g/mol. The van der Waals surface area contributed by atoms with Gasteiger partial charge in [0.05, 0.1) is 24.4 Å². The molecule has 0 spiro atoms. The molecule has 38 heavy (non-hydrogen) atoms. The van der Waals surface area contributed by atoms with Crippen molar-refractivity contribution in [2.75, 3.05) is 25.7 Å². The van der Waals surface area contributed by atoms with Crippen LogP contribution in [0.4, 0.5) is 10.1 Å². The lowest BCUT2D eigenvalue weighted by molar-refractivity contribution is -0.140. The van der Waals surface area contributed by atoms with Gasteiger partial charge >= 0.3 is 5.97 Å². The van der Waals surface area contributed by atoms with E-state index < -0.39 is 11.9 Å². The average molecular weight is 620 g/mol. The summed E-state index contributed by atoms with van der Waals surface area (Å²) in [6.45, 7) is -0.0699. The molecule has 1 fully saturated rings. The molecule has 11 heteroatoms. The van der Waals surface area contributed by atoms with Crippen LogP contribution in [0.15, 0.2) is 70.8 Å². The van der Waals surface area contributed by atoms with E-state index in [-0.39, 0.29) is 29.8 Å². The molecule has 196 valence electrons. The molecular formula is C27H21BrClFN2O5S. The van der Waals surface area contributed by atoms with E-state index in [0.717, 1.165) is 5.56 Å². The molecule has 0 radical (unpaired) electrons. The van der Waals surface area contributed by atoms with Gasteiger partial charge in [0.15, 0.2) is 16.6 Å². The molecule has 7 nitrogen and oxygen atoms in total. The molecule has 1 aliphatic heterocycles. The van der Waals surface area contributed by atoms with Crippen LogP contribution in [0.2, 0.25) is 5.02 Å². The first kappa shape index (κ1) is 27.6. The number of benzene rings is 3. The van der Waals surface area contributed by atoms with Crippen LogP contribution in [0, 0.1) is 5.82 Å². The average Bonchev–Trinajstić information content (AvgIpc) is 3.13. The van der Waals surface area contributed by atoms with E-state index in [4.69, 9.17) is 38.0 Å². The number of carbonyl (C=O) groups is 2. The van der Waals surface area contributed by atoms with Crippen molar-refractivity contribution >= 4 is 68.5 Å². The Morgan fingerprint density at radius 1 is 1.11 bits per heavy atom. The van der Waals surface area contributed by atoms with Crippen LogP contribution in [0.25, 0.3) is 6.08 Å². The molecule has 3 aromatic carbocycles. The Labute approximate surface area is 237 Å². The second kappa shape index (κ2) is 11.9. The Balaban J connectivity index is 1.68. The van der Waals surface area contributed by atoms with Crippen LogP contribution in [-0.4, -0.2) is 42.7 Å². The van der Waals surface area contributed by atoms with E-state index in [1.165, 1.54) is 36.2 Å². The van der Waals surface area contributed by atoms with Crippen molar-refractivity contribution in [3.8, 4) is 11.5 Å². The topological polar surface area (TPSA) is 68.3 Å². The molecule has 4 rings (SSSR count). The summed E-state index contributed by atoms with van der Waals surface area (Å²) in [6, 6.07) is 16.0. The Bertz CT molecular complexity index is 1420. The first-order chi connectivity index (χ1) is 18.2. The number of thiocarbonyl (C=S) groups is 1. The Morgan fingerprint density at radius 3 is 2.42 bits per heavy atom. The molecule has 0 aromatic heterocycles. The summed E-state index contributed by atoms with van der Waals surface area (Å²) in [6.07, 6.45) is 1.60. The molecule has 1 saturated heterocycles. The first-order valence-corrected chi connectivity index (χ1v) is 12.7. The van der Waals surface area contributed by atoms with Crippen LogP contribution < -0.4 is 14.4 Å². The third-order valence-electron chi connectivity index (χ3n) is 5.59. The lowest BCUT2D eigenvalue weighted by atomic mass is 10.1. The van der Waals surface area contributed by atoms with E-state index in [0.29, 0.717) is 32.2 Å². The third kappa shape index (κ3) is 5.98. The fourth-order valence-corrected chi connectivity index (χ4v) is 4.75. The SMILES string of the molecule is COC(=O)CN1C(=S)N(c2ccc(Cl)cc2)C(=O)/C1=C/c1cc(Br)c(OCc2ccc(F)cc2)c(OC)c1. The molecule has 1 heterocycles. The monoisotopic (exact) mass is 618 g/mol. The van der Waals surface area contributed by atoms with Crippen molar-refractivity contribution in [2.24, 2.45) is 0 Å². The summed E-state index contributed by atoms with van der Waals surface area (Å²) in [7, 11) is 2.75. The standard InChI is InChI=1S/C27H21BrClFN2O5S/c1-35-23-13-17(11-21(28)25(23)37-15-16-3-7-19(30)8-4-16)12-22-26(34)32(20-9-5-18(29)6-10-20)27(38)31(22)14-24(33)36-2/h3-13H,14-15H2,1-2H3/b22-12-. The molecule has 1 amide bonds. The minimum Gasteiger partial charge on any atom is -0.493 e. The molecule has 0 N–H and O–H groups in total. The zero-order valence-electron chi connectivity index (χ0n) is 20.2. The molecule has 3 aromatic rings. The van der Waals surface area contributed by atoms with E-state index in [9.17, 15) is 14.0 Å². The van der Waals surface area contributed by atoms with Gasteiger partial charge in [-0.1, -0.05) is 23.7 Å². The van der Waals surface area contributed by atoms with Gasteiger partial charge in [0.25, 0.3) is 5.91 Å². The van der Waals surface area contributed by atoms with Crippen molar-refractivity contribution in [1.82, 2.24) is 4.90 Å². The van der Waals surface area contributed by atoms with Crippen molar-refractivity contribution in [1.29, 1.82) is 0 Å². The van der Waals surface area contributed by atoms with Crippen molar-refractivity contribution < 1.29 is 28.2 Å². The summed E-state index contributed by atoms with van der Waals surface area (Å²) in [5.41, 5.74) is 2.04. The number of hydrogen-bond acceptors (Lipinski definition) is 6. The van der Waals surface area contributed by atoms with Crippen molar-refractivity contribution in [2.45, 2.75) is 6.61 Å². The summed E-state index contributed by atoms with van der Waals surface area (Å²) < 4.78 is 30.0. The quantitative estimate of drug-likeness (QED) is 0.175. The number of nitrogens with zero attached hydrogens (tertiary/aromatic N) is 2. The summed E-state index contributed by atoms with van der Waals surface area (Å²) in [5, 5.41) is 0.631. The van der Waals surface area contributed by atoms with Gasteiger partial charge in [-0.25, -0.2) is 4.39 Å². The van der Waals surface area contributed by atoms with Gasteiger partial charge in [0, 0.05) is 5.02 Å². The first-order valence-electron chi connectivity index (χ1n) is 11.2. The second-order valence-electron chi connectivity index (χ2n) is 8.04. The highest BCUT2D eigenvalue weighted by molar-refractivity contribution is 9.10. The maximum absolute atomic E-state index is 13.5. The Hall–Kier alpha value is -3.47. The lowest BCUT2D eigenvalue weighted by Gasteiger charge is -2.19. The smallest absolute Gasteiger partial charge is 0.325 e. The predicted molar refractivity (Wildman–Crippen MR) is 150 cm³/mol. The molecule has 1 aliphatic rings. The highest BCUT2D eigenvalue weighted by atomic mass is 79.9. The zero-order chi connectivity index (χ0) is 27.4. The van der Waals surface area contributed by atoms with Crippen LogP contribution in [0.1, 0.15) is 11.1 Å². The van der Waals surface area contributed by atoms with Gasteiger partial charge in [-0.05, 0) is 93.9 Å². The van der Waals surface area contributed by atoms with Gasteiger partial charge in [0.1, 0.15) is 24.7 Å². The number of methoxy groups -OCH3 is 2. The maximum Gasteiger partial charge on any atom is 0.325 e. The van der Waals surface area contributed by atoms with Crippen molar-refractivity contribution in [3.63, 3.8) is 0 Å². The number of anilines is 1. The van der Waals surface area contributed by atoms with Crippen molar-refractivity contribution in [3.05, 3.63) is 92.8 Å². The number of amides is 1. The number of ether oxygens (including phenoxy) is 3. The van der Waals surface area contributed by atoms with Crippen LogP contribution in [-0.2, 0) is 20.9 Å².